The zero-order chi connectivity index (χ0) is 23.7. The second-order valence-electron chi connectivity index (χ2n) is 7.94. The average Bonchev–Trinajstić information content (AvgIpc) is 3.33. The minimum absolute atomic E-state index is 0.428. The number of rotatable bonds is 6. The van der Waals surface area contributed by atoms with Crippen LogP contribution in [0.3, 0.4) is 0 Å². The highest BCUT2D eigenvalue weighted by molar-refractivity contribution is 6.00. The number of hydrogen-bond donors (Lipinski definition) is 4. The largest absolute Gasteiger partial charge is 0.398 e. The highest BCUT2D eigenvalue weighted by atomic mass is 16.5. The van der Waals surface area contributed by atoms with Crippen LogP contribution in [0.1, 0.15) is 15.9 Å². The monoisotopic (exact) mass is 456 g/mol. The molecular weight excluding hydrogens is 432 g/mol. The van der Waals surface area contributed by atoms with Crippen molar-refractivity contribution in [2.24, 2.45) is 5.73 Å². The van der Waals surface area contributed by atoms with Crippen molar-refractivity contribution in [3.63, 3.8) is 0 Å². The van der Waals surface area contributed by atoms with Crippen LogP contribution in [-0.2, 0) is 4.74 Å². The molecular formula is C24H24N8O2. The lowest BCUT2D eigenvalue weighted by Gasteiger charge is -2.30. The molecule has 34 heavy (non-hydrogen) atoms. The van der Waals surface area contributed by atoms with E-state index in [2.05, 4.69) is 15.2 Å². The number of anilines is 4. The van der Waals surface area contributed by atoms with E-state index in [9.17, 15) is 4.79 Å². The van der Waals surface area contributed by atoms with Gasteiger partial charge in [0, 0.05) is 66.1 Å². The van der Waals surface area contributed by atoms with E-state index in [-0.39, 0.29) is 0 Å². The first-order valence-corrected chi connectivity index (χ1v) is 10.8. The number of fused-ring (bicyclic) bond motifs is 1. The molecule has 1 aliphatic heterocycles. The number of ether oxygens (including phenoxy) is 1. The molecule has 0 atom stereocenters. The Kier molecular flexibility index (Phi) is 5.56. The maximum Gasteiger partial charge on any atom is 0.250 e. The van der Waals surface area contributed by atoms with Gasteiger partial charge >= 0.3 is 0 Å². The van der Waals surface area contributed by atoms with Crippen molar-refractivity contribution in [3.05, 3.63) is 66.1 Å². The van der Waals surface area contributed by atoms with Crippen LogP contribution in [0.25, 0.3) is 16.9 Å². The summed E-state index contributed by atoms with van der Waals surface area (Å²) in [6.07, 6.45) is 6.60. The Bertz CT molecular complexity index is 1390. The van der Waals surface area contributed by atoms with Crippen LogP contribution in [0.2, 0.25) is 0 Å². The molecule has 1 aliphatic rings. The van der Waals surface area contributed by atoms with E-state index in [1.807, 2.05) is 35.0 Å². The molecule has 10 nitrogen and oxygen atoms in total. The van der Waals surface area contributed by atoms with E-state index < -0.39 is 5.91 Å². The third-order valence-corrected chi connectivity index (χ3v) is 5.79. The van der Waals surface area contributed by atoms with Gasteiger partial charge in [-0.05, 0) is 24.3 Å². The van der Waals surface area contributed by atoms with Crippen molar-refractivity contribution in [2.75, 3.05) is 42.3 Å². The molecule has 172 valence electrons. The molecule has 0 saturated carbocycles. The second kappa shape index (κ2) is 8.83. The molecule has 2 aromatic carbocycles. The Morgan fingerprint density at radius 1 is 1.18 bits per heavy atom. The van der Waals surface area contributed by atoms with Crippen LogP contribution in [-0.4, -0.2) is 52.8 Å². The molecule has 0 radical (unpaired) electrons. The highest BCUT2D eigenvalue weighted by Crippen LogP contribution is 2.29. The number of morpholine rings is 1. The predicted octanol–water partition coefficient (Wildman–Crippen LogP) is 2.66. The Balaban J connectivity index is 1.53. The van der Waals surface area contributed by atoms with Gasteiger partial charge in [-0.15, -0.1) is 0 Å². The van der Waals surface area contributed by atoms with Gasteiger partial charge in [-0.1, -0.05) is 12.1 Å². The Morgan fingerprint density at radius 2 is 2.00 bits per heavy atom. The minimum Gasteiger partial charge on any atom is -0.398 e. The fourth-order valence-electron chi connectivity index (χ4n) is 4.05. The third kappa shape index (κ3) is 4.02. The number of hydrogen-bond acceptors (Lipinski definition) is 8. The fraction of sp³-hybridized carbons (Fsp3) is 0.167. The van der Waals surface area contributed by atoms with Crippen LogP contribution in [0.4, 0.5) is 22.9 Å². The van der Waals surface area contributed by atoms with Crippen molar-refractivity contribution < 1.29 is 9.53 Å². The smallest absolute Gasteiger partial charge is 0.250 e. The molecule has 6 N–H and O–H groups in total. The number of nitrogen functional groups attached to an aromatic ring is 1. The SMILES string of the molecule is N=Cc1ccc(-c2cn3ccnc3c(Nc3ccc(N4CCOCC4)c(C(N)=O)c3)n2)cc1N. The number of nitrogens with two attached hydrogens (primary N) is 2. The molecule has 1 saturated heterocycles. The number of amides is 1. The molecule has 10 heteroatoms. The number of carbonyl (C=O) groups is 1. The molecule has 5 rings (SSSR count). The topological polar surface area (TPSA) is 148 Å². The van der Waals surface area contributed by atoms with Gasteiger partial charge in [-0.2, -0.15) is 0 Å². The number of benzene rings is 2. The summed E-state index contributed by atoms with van der Waals surface area (Å²) < 4.78 is 7.28. The summed E-state index contributed by atoms with van der Waals surface area (Å²) in [5.74, 6) is 0.0197. The minimum atomic E-state index is -0.500. The predicted molar refractivity (Wildman–Crippen MR) is 132 cm³/mol. The summed E-state index contributed by atoms with van der Waals surface area (Å²) in [7, 11) is 0. The molecule has 0 spiro atoms. The van der Waals surface area contributed by atoms with Crippen LogP contribution < -0.4 is 21.7 Å². The summed E-state index contributed by atoms with van der Waals surface area (Å²) in [6, 6.07) is 11.0. The molecule has 1 fully saturated rings. The maximum atomic E-state index is 12.2. The first kappa shape index (κ1) is 21.4. The number of imidazole rings is 1. The number of carbonyl (C=O) groups excluding carboxylic acids is 1. The van der Waals surface area contributed by atoms with Crippen LogP contribution in [0.5, 0.6) is 0 Å². The van der Waals surface area contributed by atoms with Gasteiger partial charge in [0.1, 0.15) is 0 Å². The maximum absolute atomic E-state index is 12.2. The van der Waals surface area contributed by atoms with E-state index in [4.69, 9.17) is 26.6 Å². The van der Waals surface area contributed by atoms with Crippen LogP contribution >= 0.6 is 0 Å². The van der Waals surface area contributed by atoms with Crippen molar-refractivity contribution in [2.45, 2.75) is 0 Å². The van der Waals surface area contributed by atoms with Crippen molar-refractivity contribution >= 4 is 40.6 Å². The zero-order valence-corrected chi connectivity index (χ0v) is 18.4. The summed E-state index contributed by atoms with van der Waals surface area (Å²) >= 11 is 0. The summed E-state index contributed by atoms with van der Waals surface area (Å²) in [6.45, 7) is 2.62. The van der Waals surface area contributed by atoms with Crippen LogP contribution in [0.15, 0.2) is 55.0 Å². The second-order valence-corrected chi connectivity index (χ2v) is 7.94. The fourth-order valence-corrected chi connectivity index (χ4v) is 4.05. The van der Waals surface area contributed by atoms with Crippen molar-refractivity contribution in [3.8, 4) is 11.3 Å². The Labute approximate surface area is 195 Å². The molecule has 1 amide bonds. The quantitative estimate of drug-likeness (QED) is 0.257. The third-order valence-electron chi connectivity index (χ3n) is 5.79. The van der Waals surface area contributed by atoms with Gasteiger partial charge in [0.05, 0.1) is 24.5 Å². The molecule has 0 aliphatic carbocycles. The lowest BCUT2D eigenvalue weighted by atomic mass is 10.1. The standard InChI is InChI=1S/C24H24N8O2/c25-13-16-2-1-15(11-19(16)26)20-14-32-6-5-28-24(32)23(30-20)29-17-3-4-21(18(12-17)22(27)33)31-7-9-34-10-8-31/h1-6,11-14,25H,7-10,26H2,(H2,27,33)(H,29,30). The van der Waals surface area contributed by atoms with Gasteiger partial charge in [0.2, 0.25) is 0 Å². The number of aromatic nitrogens is 3. The molecule has 4 aromatic rings. The number of nitrogens with one attached hydrogen (secondary N) is 2. The van der Waals surface area contributed by atoms with E-state index in [1.54, 1.807) is 24.4 Å². The zero-order valence-electron chi connectivity index (χ0n) is 18.4. The first-order valence-electron chi connectivity index (χ1n) is 10.8. The molecule has 2 aromatic heterocycles. The summed E-state index contributed by atoms with van der Waals surface area (Å²) in [5, 5.41) is 10.7. The Morgan fingerprint density at radius 3 is 2.74 bits per heavy atom. The lowest BCUT2D eigenvalue weighted by Crippen LogP contribution is -2.37. The average molecular weight is 457 g/mol. The first-order chi connectivity index (χ1) is 16.5. The van der Waals surface area contributed by atoms with E-state index in [1.165, 1.54) is 6.21 Å². The van der Waals surface area contributed by atoms with Crippen molar-refractivity contribution in [1.29, 1.82) is 5.41 Å². The van der Waals surface area contributed by atoms with Gasteiger partial charge in [0.25, 0.3) is 5.91 Å². The number of primary amides is 1. The normalized spacial score (nSPS) is 13.7. The van der Waals surface area contributed by atoms with E-state index in [0.29, 0.717) is 66.0 Å². The molecule has 0 bridgehead atoms. The van der Waals surface area contributed by atoms with E-state index in [0.717, 1.165) is 11.3 Å². The Hall–Kier alpha value is -4.44. The van der Waals surface area contributed by atoms with E-state index >= 15 is 0 Å². The lowest BCUT2D eigenvalue weighted by molar-refractivity contribution is 0.0998. The van der Waals surface area contributed by atoms with Gasteiger partial charge in [-0.3, -0.25) is 4.79 Å². The summed E-state index contributed by atoms with van der Waals surface area (Å²) in [4.78, 5) is 23.5. The van der Waals surface area contributed by atoms with Crippen molar-refractivity contribution in [1.82, 2.24) is 14.4 Å². The summed E-state index contributed by atoms with van der Waals surface area (Å²) in [5.41, 5.74) is 16.9. The molecule has 3 heterocycles. The highest BCUT2D eigenvalue weighted by Gasteiger charge is 2.19. The van der Waals surface area contributed by atoms with Gasteiger partial charge in [-0.25, -0.2) is 9.97 Å². The van der Waals surface area contributed by atoms with Gasteiger partial charge < -0.3 is 36.2 Å². The van der Waals surface area contributed by atoms with Crippen LogP contribution in [0, 0.1) is 5.41 Å². The molecule has 0 unspecified atom stereocenters. The van der Waals surface area contributed by atoms with Gasteiger partial charge in [0.15, 0.2) is 11.5 Å². The number of nitrogens with zero attached hydrogens (tertiary/aromatic N) is 4.